The van der Waals surface area contributed by atoms with E-state index in [4.69, 9.17) is 0 Å². The van der Waals surface area contributed by atoms with E-state index in [-0.39, 0.29) is 11.3 Å². The van der Waals surface area contributed by atoms with E-state index in [1.54, 1.807) is 24.3 Å². The number of rotatable bonds is 2. The van der Waals surface area contributed by atoms with Crippen LogP contribution >= 0.6 is 0 Å². The van der Waals surface area contributed by atoms with Gasteiger partial charge >= 0.3 is 0 Å². The summed E-state index contributed by atoms with van der Waals surface area (Å²) in [5.41, 5.74) is 1.15. The van der Waals surface area contributed by atoms with Gasteiger partial charge in [0.05, 0.1) is 0 Å². The first-order chi connectivity index (χ1) is 8.09. The molecule has 1 nitrogen and oxygen atoms in total. The molecule has 0 bridgehead atoms. The van der Waals surface area contributed by atoms with Crippen LogP contribution in [0.25, 0.3) is 11.1 Å². The Morgan fingerprint density at radius 1 is 1.00 bits per heavy atom. The highest BCUT2D eigenvalue weighted by Crippen LogP contribution is 2.27. The maximum atomic E-state index is 13.6. The molecule has 0 aliphatic heterocycles. The number of Topliss-reactive ketones (excluding diaryl/α,β-unsaturated/α-hetero) is 1. The lowest BCUT2D eigenvalue weighted by molar-refractivity contribution is 0.101. The lowest BCUT2D eigenvalue weighted by Crippen LogP contribution is -1.97. The van der Waals surface area contributed by atoms with Crippen LogP contribution in [0.2, 0.25) is 0 Å². The molecule has 86 valence electrons. The van der Waals surface area contributed by atoms with E-state index >= 15 is 0 Å². The largest absolute Gasteiger partial charge is 0.294 e. The van der Waals surface area contributed by atoms with Crippen molar-refractivity contribution in [3.05, 3.63) is 59.7 Å². The zero-order chi connectivity index (χ0) is 12.4. The Morgan fingerprint density at radius 3 is 2.35 bits per heavy atom. The Kier molecular flexibility index (Phi) is 3.00. The third kappa shape index (κ3) is 2.23. The monoisotopic (exact) mass is 232 g/mol. The minimum absolute atomic E-state index is 0.149. The van der Waals surface area contributed by atoms with Gasteiger partial charge in [0.2, 0.25) is 0 Å². The molecule has 2 aromatic rings. The van der Waals surface area contributed by atoms with Crippen molar-refractivity contribution in [1.82, 2.24) is 0 Å². The van der Waals surface area contributed by atoms with Crippen LogP contribution in [0.15, 0.2) is 42.5 Å². The maximum absolute atomic E-state index is 13.6. The summed E-state index contributed by atoms with van der Waals surface area (Å²) in [6.07, 6.45) is 0. The third-order valence-corrected chi connectivity index (χ3v) is 2.53. The number of ketones is 1. The molecule has 2 aromatic carbocycles. The molecular weight excluding hydrogens is 222 g/mol. The summed E-state index contributed by atoms with van der Waals surface area (Å²) in [4.78, 5) is 11.4. The molecule has 17 heavy (non-hydrogen) atoms. The Labute approximate surface area is 97.7 Å². The summed E-state index contributed by atoms with van der Waals surface area (Å²) in [5, 5.41) is 0. The standard InChI is InChI=1S/C14H10F2O/c1-9(17)11-4-2-3-5-12(11)13-7-6-10(15)8-14(13)16/h2-8H,1H3. The van der Waals surface area contributed by atoms with Gasteiger partial charge in [0.25, 0.3) is 0 Å². The second kappa shape index (κ2) is 4.45. The van der Waals surface area contributed by atoms with Gasteiger partial charge in [0, 0.05) is 17.2 Å². The Morgan fingerprint density at radius 2 is 1.71 bits per heavy atom. The Balaban J connectivity index is 2.64. The van der Waals surface area contributed by atoms with Gasteiger partial charge in [-0.1, -0.05) is 24.3 Å². The number of carbonyl (C=O) groups is 1. The molecule has 0 spiro atoms. The second-order valence-electron chi connectivity index (χ2n) is 3.73. The molecule has 0 radical (unpaired) electrons. The SMILES string of the molecule is CC(=O)c1ccccc1-c1ccc(F)cc1F. The molecule has 0 saturated heterocycles. The van der Waals surface area contributed by atoms with Crippen LogP contribution in [-0.2, 0) is 0 Å². The average Bonchev–Trinajstić information content (AvgIpc) is 2.29. The predicted molar refractivity (Wildman–Crippen MR) is 61.8 cm³/mol. The van der Waals surface area contributed by atoms with Crippen molar-refractivity contribution >= 4 is 5.78 Å². The zero-order valence-corrected chi connectivity index (χ0v) is 9.21. The first kappa shape index (κ1) is 11.5. The van der Waals surface area contributed by atoms with Crippen LogP contribution in [0.4, 0.5) is 8.78 Å². The zero-order valence-electron chi connectivity index (χ0n) is 9.21. The molecule has 0 atom stereocenters. The highest BCUT2D eigenvalue weighted by molar-refractivity contribution is 6.00. The molecule has 0 aromatic heterocycles. The number of carbonyl (C=O) groups excluding carboxylic acids is 1. The van der Waals surface area contributed by atoms with Gasteiger partial charge in [-0.2, -0.15) is 0 Å². The smallest absolute Gasteiger partial charge is 0.160 e. The van der Waals surface area contributed by atoms with E-state index in [0.29, 0.717) is 11.1 Å². The third-order valence-electron chi connectivity index (χ3n) is 2.53. The fourth-order valence-corrected chi connectivity index (χ4v) is 1.73. The summed E-state index contributed by atoms with van der Waals surface area (Å²) in [6.45, 7) is 1.42. The molecule has 0 aliphatic carbocycles. The molecule has 0 unspecified atom stereocenters. The summed E-state index contributed by atoms with van der Waals surface area (Å²) in [5.74, 6) is -1.45. The number of benzene rings is 2. The van der Waals surface area contributed by atoms with Gasteiger partial charge in [0.15, 0.2) is 5.78 Å². The highest BCUT2D eigenvalue weighted by Gasteiger charge is 2.12. The summed E-state index contributed by atoms with van der Waals surface area (Å²) in [7, 11) is 0. The first-order valence-electron chi connectivity index (χ1n) is 5.15. The van der Waals surface area contributed by atoms with E-state index in [0.717, 1.165) is 6.07 Å². The van der Waals surface area contributed by atoms with E-state index < -0.39 is 11.6 Å². The van der Waals surface area contributed by atoms with Gasteiger partial charge in [-0.15, -0.1) is 0 Å². The van der Waals surface area contributed by atoms with Gasteiger partial charge in [-0.25, -0.2) is 8.78 Å². The lowest BCUT2D eigenvalue weighted by atomic mass is 9.97. The van der Waals surface area contributed by atoms with E-state index in [2.05, 4.69) is 0 Å². The van der Waals surface area contributed by atoms with Gasteiger partial charge in [-0.3, -0.25) is 4.79 Å². The van der Waals surface area contributed by atoms with Crippen LogP contribution in [0.3, 0.4) is 0 Å². The van der Waals surface area contributed by atoms with Crippen LogP contribution in [-0.4, -0.2) is 5.78 Å². The molecular formula is C14H10F2O. The quantitative estimate of drug-likeness (QED) is 0.719. The van der Waals surface area contributed by atoms with Crippen molar-refractivity contribution in [3.8, 4) is 11.1 Å². The molecule has 0 aliphatic rings. The lowest BCUT2D eigenvalue weighted by Gasteiger charge is -2.08. The summed E-state index contributed by atoms with van der Waals surface area (Å²) < 4.78 is 26.4. The molecule has 0 N–H and O–H groups in total. The molecule has 2 rings (SSSR count). The van der Waals surface area contributed by atoms with E-state index in [1.807, 2.05) is 0 Å². The Hall–Kier alpha value is -2.03. The predicted octanol–water partition coefficient (Wildman–Crippen LogP) is 3.83. The van der Waals surface area contributed by atoms with E-state index in [9.17, 15) is 13.6 Å². The minimum Gasteiger partial charge on any atom is -0.294 e. The summed E-state index contributed by atoms with van der Waals surface area (Å²) in [6, 6.07) is 10.0. The van der Waals surface area contributed by atoms with Gasteiger partial charge < -0.3 is 0 Å². The average molecular weight is 232 g/mol. The minimum atomic E-state index is -0.668. The van der Waals surface area contributed by atoms with Crippen molar-refractivity contribution < 1.29 is 13.6 Å². The van der Waals surface area contributed by atoms with Gasteiger partial charge in [0.1, 0.15) is 11.6 Å². The van der Waals surface area contributed by atoms with Crippen LogP contribution in [0, 0.1) is 11.6 Å². The molecule has 0 amide bonds. The van der Waals surface area contributed by atoms with Gasteiger partial charge in [-0.05, 0) is 24.6 Å². The van der Waals surface area contributed by atoms with Crippen molar-refractivity contribution in [1.29, 1.82) is 0 Å². The highest BCUT2D eigenvalue weighted by atomic mass is 19.1. The molecule has 0 heterocycles. The summed E-state index contributed by atoms with van der Waals surface area (Å²) >= 11 is 0. The van der Waals surface area contributed by atoms with Crippen LogP contribution < -0.4 is 0 Å². The first-order valence-corrected chi connectivity index (χ1v) is 5.15. The van der Waals surface area contributed by atoms with Crippen molar-refractivity contribution in [2.45, 2.75) is 6.92 Å². The maximum Gasteiger partial charge on any atom is 0.160 e. The van der Waals surface area contributed by atoms with Crippen molar-refractivity contribution in [3.63, 3.8) is 0 Å². The van der Waals surface area contributed by atoms with Crippen molar-refractivity contribution in [2.75, 3.05) is 0 Å². The normalized spacial score (nSPS) is 10.3. The van der Waals surface area contributed by atoms with Crippen LogP contribution in [0.1, 0.15) is 17.3 Å². The number of hydrogen-bond donors (Lipinski definition) is 0. The number of halogens is 2. The van der Waals surface area contributed by atoms with Crippen LogP contribution in [0.5, 0.6) is 0 Å². The second-order valence-corrected chi connectivity index (χ2v) is 3.73. The Bertz CT molecular complexity index is 576. The fraction of sp³-hybridized carbons (Fsp3) is 0.0714. The van der Waals surface area contributed by atoms with Crippen molar-refractivity contribution in [2.24, 2.45) is 0 Å². The van der Waals surface area contributed by atoms with E-state index in [1.165, 1.54) is 19.1 Å². The fourth-order valence-electron chi connectivity index (χ4n) is 1.73. The molecule has 0 fully saturated rings. The molecule has 0 saturated carbocycles. The number of hydrogen-bond acceptors (Lipinski definition) is 1. The topological polar surface area (TPSA) is 17.1 Å². The molecule has 3 heteroatoms.